The molecule has 2 rings (SSSR count). The Morgan fingerprint density at radius 2 is 1.90 bits per heavy atom. The summed E-state index contributed by atoms with van der Waals surface area (Å²) < 4.78 is 0. The van der Waals surface area contributed by atoms with E-state index in [-0.39, 0.29) is 11.5 Å². The van der Waals surface area contributed by atoms with Gasteiger partial charge in [0.1, 0.15) is 5.75 Å². The molecule has 2 aromatic rings. The lowest BCUT2D eigenvalue weighted by Crippen LogP contribution is -2.17. The maximum atomic E-state index is 11.4. The van der Waals surface area contributed by atoms with Gasteiger partial charge in [0, 0.05) is 30.4 Å². The van der Waals surface area contributed by atoms with E-state index in [0.29, 0.717) is 12.1 Å². The minimum absolute atomic E-state index is 0.00444. The number of aryl methyl sites for hydroxylation is 1. The Morgan fingerprint density at radius 1 is 1.20 bits per heavy atom. The molecular formula is C17H19NO2. The van der Waals surface area contributed by atoms with E-state index < -0.39 is 0 Å². The van der Waals surface area contributed by atoms with Crippen molar-refractivity contribution in [2.75, 3.05) is 11.9 Å². The summed E-state index contributed by atoms with van der Waals surface area (Å²) in [6.07, 6.45) is 0. The molecule has 3 heteroatoms. The van der Waals surface area contributed by atoms with Crippen molar-refractivity contribution in [1.29, 1.82) is 0 Å². The molecule has 3 nitrogen and oxygen atoms in total. The highest BCUT2D eigenvalue weighted by Crippen LogP contribution is 2.24. The van der Waals surface area contributed by atoms with Crippen LogP contribution in [0.15, 0.2) is 42.5 Å². The fourth-order valence-corrected chi connectivity index (χ4v) is 2.26. The summed E-state index contributed by atoms with van der Waals surface area (Å²) in [5, 5.41) is 9.94. The summed E-state index contributed by atoms with van der Waals surface area (Å²) in [5.41, 5.74) is 3.66. The van der Waals surface area contributed by atoms with Gasteiger partial charge in [-0.3, -0.25) is 4.79 Å². The Bertz CT molecular complexity index is 635. The number of para-hydroxylation sites is 1. The number of rotatable bonds is 4. The number of phenols is 1. The van der Waals surface area contributed by atoms with E-state index in [4.69, 9.17) is 0 Å². The molecule has 0 aromatic heterocycles. The van der Waals surface area contributed by atoms with Crippen LogP contribution in [0.3, 0.4) is 0 Å². The topological polar surface area (TPSA) is 40.5 Å². The zero-order chi connectivity index (χ0) is 14.7. The van der Waals surface area contributed by atoms with Crippen molar-refractivity contribution in [3.05, 3.63) is 59.2 Å². The highest BCUT2D eigenvalue weighted by Gasteiger charge is 2.10. The molecule has 0 radical (unpaired) electrons. The molecule has 0 amide bonds. The van der Waals surface area contributed by atoms with Crippen LogP contribution in [0.2, 0.25) is 0 Å². The monoisotopic (exact) mass is 269 g/mol. The van der Waals surface area contributed by atoms with Gasteiger partial charge in [0.05, 0.1) is 0 Å². The maximum absolute atomic E-state index is 11.4. The van der Waals surface area contributed by atoms with Gasteiger partial charge in [-0.15, -0.1) is 0 Å². The summed E-state index contributed by atoms with van der Waals surface area (Å²) in [6, 6.07) is 13.1. The Balaban J connectivity index is 2.28. The largest absolute Gasteiger partial charge is 0.508 e. The molecule has 0 aliphatic heterocycles. The lowest BCUT2D eigenvalue weighted by molar-refractivity contribution is 0.101. The number of phenolic OH excluding ortho intramolecular Hbond substituents is 1. The number of carbonyl (C=O) groups excluding carboxylic acids is 1. The molecule has 0 fully saturated rings. The first-order valence-electron chi connectivity index (χ1n) is 6.58. The summed E-state index contributed by atoms with van der Waals surface area (Å²) >= 11 is 0. The Morgan fingerprint density at radius 3 is 2.55 bits per heavy atom. The molecule has 2 aromatic carbocycles. The van der Waals surface area contributed by atoms with Crippen LogP contribution < -0.4 is 4.90 Å². The number of carbonyl (C=O) groups is 1. The van der Waals surface area contributed by atoms with E-state index in [1.165, 1.54) is 12.5 Å². The van der Waals surface area contributed by atoms with Crippen LogP contribution in [-0.2, 0) is 6.54 Å². The SMILES string of the molecule is CC(=O)c1ccc(O)c(CN(C)c2ccccc2C)c1. The maximum Gasteiger partial charge on any atom is 0.159 e. The van der Waals surface area contributed by atoms with Crippen molar-refractivity contribution in [1.82, 2.24) is 0 Å². The van der Waals surface area contributed by atoms with Gasteiger partial charge in [0.2, 0.25) is 0 Å². The zero-order valence-electron chi connectivity index (χ0n) is 12.1. The minimum atomic E-state index is 0.00444. The number of hydrogen-bond acceptors (Lipinski definition) is 3. The summed E-state index contributed by atoms with van der Waals surface area (Å²) in [4.78, 5) is 13.5. The Labute approximate surface area is 119 Å². The summed E-state index contributed by atoms with van der Waals surface area (Å²) in [5.74, 6) is 0.222. The Kier molecular flexibility index (Phi) is 4.08. The van der Waals surface area contributed by atoms with Crippen molar-refractivity contribution in [2.45, 2.75) is 20.4 Å². The number of aromatic hydroxyl groups is 1. The van der Waals surface area contributed by atoms with Gasteiger partial charge in [0.15, 0.2) is 5.78 Å². The Hall–Kier alpha value is -2.29. The third-order valence-corrected chi connectivity index (χ3v) is 3.42. The van der Waals surface area contributed by atoms with Crippen molar-refractivity contribution in [3.8, 4) is 5.75 Å². The van der Waals surface area contributed by atoms with Crippen molar-refractivity contribution >= 4 is 11.5 Å². The highest BCUT2D eigenvalue weighted by atomic mass is 16.3. The summed E-state index contributed by atoms with van der Waals surface area (Å²) in [7, 11) is 1.97. The zero-order valence-corrected chi connectivity index (χ0v) is 12.1. The van der Waals surface area contributed by atoms with E-state index in [1.54, 1.807) is 18.2 Å². The van der Waals surface area contributed by atoms with Gasteiger partial charge in [-0.25, -0.2) is 0 Å². The van der Waals surface area contributed by atoms with Gasteiger partial charge in [0.25, 0.3) is 0 Å². The molecule has 0 unspecified atom stereocenters. The van der Waals surface area contributed by atoms with Gasteiger partial charge in [-0.1, -0.05) is 18.2 Å². The van der Waals surface area contributed by atoms with Crippen LogP contribution in [0.4, 0.5) is 5.69 Å². The molecule has 0 saturated carbocycles. The van der Waals surface area contributed by atoms with Gasteiger partial charge < -0.3 is 10.0 Å². The minimum Gasteiger partial charge on any atom is -0.508 e. The average Bonchev–Trinajstić information content (AvgIpc) is 2.41. The fourth-order valence-electron chi connectivity index (χ4n) is 2.26. The third kappa shape index (κ3) is 2.99. The lowest BCUT2D eigenvalue weighted by Gasteiger charge is -2.22. The predicted molar refractivity (Wildman–Crippen MR) is 81.4 cm³/mol. The molecule has 0 bridgehead atoms. The number of anilines is 1. The molecule has 0 heterocycles. The fraction of sp³-hybridized carbons (Fsp3) is 0.235. The van der Waals surface area contributed by atoms with Crippen molar-refractivity contribution in [2.24, 2.45) is 0 Å². The first-order valence-corrected chi connectivity index (χ1v) is 6.58. The van der Waals surface area contributed by atoms with E-state index in [2.05, 4.69) is 17.9 Å². The number of hydrogen-bond donors (Lipinski definition) is 1. The van der Waals surface area contributed by atoms with Gasteiger partial charge in [-0.2, -0.15) is 0 Å². The number of ketones is 1. The highest BCUT2D eigenvalue weighted by molar-refractivity contribution is 5.94. The van der Waals surface area contributed by atoms with Gasteiger partial charge in [-0.05, 0) is 43.7 Å². The molecule has 0 saturated heterocycles. The van der Waals surface area contributed by atoms with E-state index in [9.17, 15) is 9.90 Å². The number of benzene rings is 2. The first-order chi connectivity index (χ1) is 9.49. The summed E-state index contributed by atoms with van der Waals surface area (Å²) in [6.45, 7) is 4.14. The van der Waals surface area contributed by atoms with Crippen LogP contribution in [0, 0.1) is 6.92 Å². The standard InChI is InChI=1S/C17H19NO2/c1-12-6-4-5-7-16(12)18(3)11-15-10-14(13(2)19)8-9-17(15)20/h4-10,20H,11H2,1-3H3. The van der Waals surface area contributed by atoms with E-state index in [0.717, 1.165) is 11.3 Å². The van der Waals surface area contributed by atoms with Crippen LogP contribution in [0.25, 0.3) is 0 Å². The van der Waals surface area contributed by atoms with Crippen LogP contribution >= 0.6 is 0 Å². The smallest absolute Gasteiger partial charge is 0.159 e. The molecule has 1 N–H and O–H groups in total. The van der Waals surface area contributed by atoms with Crippen molar-refractivity contribution < 1.29 is 9.90 Å². The average molecular weight is 269 g/mol. The molecule has 0 aliphatic carbocycles. The second-order valence-corrected chi connectivity index (χ2v) is 5.04. The molecule has 0 aliphatic rings. The van der Waals surface area contributed by atoms with Crippen LogP contribution in [-0.4, -0.2) is 17.9 Å². The van der Waals surface area contributed by atoms with Crippen LogP contribution in [0.5, 0.6) is 5.75 Å². The lowest BCUT2D eigenvalue weighted by atomic mass is 10.1. The number of Topliss-reactive ketones (excluding diaryl/α,β-unsaturated/α-hetero) is 1. The number of nitrogens with zero attached hydrogens (tertiary/aromatic N) is 1. The molecule has 104 valence electrons. The second kappa shape index (κ2) is 5.78. The first kappa shape index (κ1) is 14.1. The van der Waals surface area contributed by atoms with Crippen molar-refractivity contribution in [3.63, 3.8) is 0 Å². The second-order valence-electron chi connectivity index (χ2n) is 5.04. The third-order valence-electron chi connectivity index (χ3n) is 3.42. The molecule has 0 atom stereocenters. The molecule has 0 spiro atoms. The quantitative estimate of drug-likeness (QED) is 0.863. The predicted octanol–water partition coefficient (Wildman–Crippen LogP) is 3.54. The molecule has 20 heavy (non-hydrogen) atoms. The van der Waals surface area contributed by atoms with E-state index in [1.807, 2.05) is 25.2 Å². The van der Waals surface area contributed by atoms with Gasteiger partial charge >= 0.3 is 0 Å². The van der Waals surface area contributed by atoms with E-state index >= 15 is 0 Å². The van der Waals surface area contributed by atoms with Crippen LogP contribution in [0.1, 0.15) is 28.4 Å². The molecular weight excluding hydrogens is 250 g/mol. The normalized spacial score (nSPS) is 10.3.